The molecule has 30 heavy (non-hydrogen) atoms. The van der Waals surface area contributed by atoms with Crippen LogP contribution in [0.2, 0.25) is 5.02 Å². The summed E-state index contributed by atoms with van der Waals surface area (Å²) in [4.78, 5) is 4.04. The molecule has 0 radical (unpaired) electrons. The van der Waals surface area contributed by atoms with Gasteiger partial charge in [-0.3, -0.25) is 10.4 Å². The number of para-hydroxylation sites is 1. The average molecular weight is 418 g/mol. The molecule has 0 aliphatic rings. The van der Waals surface area contributed by atoms with Crippen molar-refractivity contribution < 1.29 is 0 Å². The average Bonchev–Trinajstić information content (AvgIpc) is 2.75. The topological polar surface area (TPSA) is 61.3 Å². The Kier molecular flexibility index (Phi) is 7.24. The van der Waals surface area contributed by atoms with Gasteiger partial charge in [0.2, 0.25) is 0 Å². The van der Waals surface area contributed by atoms with Gasteiger partial charge < -0.3 is 10.6 Å². The minimum Gasteiger partial charge on any atom is -0.379 e. The lowest BCUT2D eigenvalue weighted by Gasteiger charge is -2.13. The Morgan fingerprint density at radius 1 is 1.07 bits per heavy atom. The molecular formula is C24H24ClN5. The number of rotatable bonds is 9. The number of aryl methyl sites for hydroxylation is 1. The number of hydrazone groups is 1. The normalized spacial score (nSPS) is 10.6. The standard InChI is InChI=1S/C24H24ClN5/c1-17-13-26-16-24(25)23(17)15-28-30-18(2)14-27-22-11-7-8-20(12-22)19(3)29-21-9-5-4-6-10-21/h4-13,15-16,27,29-30H,2-3,14H2,1H3/b28-15+. The first-order chi connectivity index (χ1) is 14.5. The fourth-order valence-corrected chi connectivity index (χ4v) is 2.98. The molecule has 3 N–H and O–H groups in total. The van der Waals surface area contributed by atoms with Crippen LogP contribution < -0.4 is 16.1 Å². The summed E-state index contributed by atoms with van der Waals surface area (Å²) in [5.74, 6) is 0. The first kappa shape index (κ1) is 21.1. The summed E-state index contributed by atoms with van der Waals surface area (Å²) in [5, 5.41) is 11.4. The molecule has 2 aromatic carbocycles. The molecule has 0 saturated heterocycles. The molecule has 0 saturated carbocycles. The molecule has 152 valence electrons. The maximum atomic E-state index is 6.15. The number of anilines is 2. The highest BCUT2D eigenvalue weighted by atomic mass is 35.5. The summed E-state index contributed by atoms with van der Waals surface area (Å²) >= 11 is 6.15. The molecule has 0 bridgehead atoms. The van der Waals surface area contributed by atoms with Gasteiger partial charge in [0.25, 0.3) is 0 Å². The van der Waals surface area contributed by atoms with E-state index in [4.69, 9.17) is 11.6 Å². The minimum atomic E-state index is 0.516. The zero-order valence-corrected chi connectivity index (χ0v) is 17.6. The Morgan fingerprint density at radius 2 is 1.83 bits per heavy atom. The van der Waals surface area contributed by atoms with E-state index in [1.54, 1.807) is 18.6 Å². The lowest BCUT2D eigenvalue weighted by molar-refractivity contribution is 0.874. The van der Waals surface area contributed by atoms with E-state index in [-0.39, 0.29) is 0 Å². The van der Waals surface area contributed by atoms with Crippen LogP contribution in [-0.2, 0) is 0 Å². The van der Waals surface area contributed by atoms with Crippen LogP contribution >= 0.6 is 11.6 Å². The fraction of sp³-hybridized carbons (Fsp3) is 0.0833. The van der Waals surface area contributed by atoms with Crippen LogP contribution in [0, 0.1) is 6.92 Å². The van der Waals surface area contributed by atoms with Crippen molar-refractivity contribution in [2.45, 2.75) is 6.92 Å². The second-order valence-corrected chi connectivity index (χ2v) is 7.14. The van der Waals surface area contributed by atoms with Gasteiger partial charge in [0.15, 0.2) is 0 Å². The third-order valence-electron chi connectivity index (χ3n) is 4.34. The van der Waals surface area contributed by atoms with Gasteiger partial charge in [0, 0.05) is 40.7 Å². The Bertz CT molecular complexity index is 1040. The van der Waals surface area contributed by atoms with Crippen molar-refractivity contribution in [2.75, 3.05) is 17.2 Å². The zero-order chi connectivity index (χ0) is 21.3. The summed E-state index contributed by atoms with van der Waals surface area (Å²) < 4.78 is 0. The first-order valence-corrected chi connectivity index (χ1v) is 9.83. The van der Waals surface area contributed by atoms with E-state index in [1.165, 1.54) is 0 Å². The van der Waals surface area contributed by atoms with E-state index in [0.717, 1.165) is 39.5 Å². The molecule has 1 heterocycles. The molecule has 5 nitrogen and oxygen atoms in total. The van der Waals surface area contributed by atoms with Gasteiger partial charge >= 0.3 is 0 Å². The Hall–Kier alpha value is -3.57. The number of pyridine rings is 1. The number of hydrogen-bond acceptors (Lipinski definition) is 5. The maximum absolute atomic E-state index is 6.15. The minimum absolute atomic E-state index is 0.516. The van der Waals surface area contributed by atoms with Crippen molar-refractivity contribution in [3.05, 3.63) is 108 Å². The van der Waals surface area contributed by atoms with Crippen molar-refractivity contribution in [1.29, 1.82) is 0 Å². The van der Waals surface area contributed by atoms with Gasteiger partial charge in [0.1, 0.15) is 0 Å². The molecule has 0 amide bonds. The molecule has 0 unspecified atom stereocenters. The Morgan fingerprint density at radius 3 is 2.60 bits per heavy atom. The molecule has 0 atom stereocenters. The summed E-state index contributed by atoms with van der Waals surface area (Å²) in [7, 11) is 0. The van der Waals surface area contributed by atoms with Crippen molar-refractivity contribution >= 4 is 34.9 Å². The van der Waals surface area contributed by atoms with E-state index in [0.29, 0.717) is 11.6 Å². The van der Waals surface area contributed by atoms with E-state index in [2.05, 4.69) is 39.3 Å². The van der Waals surface area contributed by atoms with E-state index >= 15 is 0 Å². The van der Waals surface area contributed by atoms with Crippen molar-refractivity contribution in [3.8, 4) is 0 Å². The maximum Gasteiger partial charge on any atom is 0.0680 e. The number of nitrogens with zero attached hydrogens (tertiary/aromatic N) is 2. The van der Waals surface area contributed by atoms with Crippen LogP contribution in [-0.4, -0.2) is 17.7 Å². The van der Waals surface area contributed by atoms with Crippen LogP contribution in [0.3, 0.4) is 0 Å². The second kappa shape index (κ2) is 10.3. The molecule has 0 aliphatic carbocycles. The van der Waals surface area contributed by atoms with Crippen molar-refractivity contribution in [1.82, 2.24) is 10.4 Å². The lowest BCUT2D eigenvalue weighted by atomic mass is 10.1. The van der Waals surface area contributed by atoms with Gasteiger partial charge in [-0.25, -0.2) is 0 Å². The predicted molar refractivity (Wildman–Crippen MR) is 128 cm³/mol. The molecule has 6 heteroatoms. The number of hydrogen-bond donors (Lipinski definition) is 3. The number of halogens is 1. The highest BCUT2D eigenvalue weighted by Gasteiger charge is 2.03. The Balaban J connectivity index is 1.53. The van der Waals surface area contributed by atoms with Crippen molar-refractivity contribution in [3.63, 3.8) is 0 Å². The Labute approximate surface area is 182 Å². The molecule has 0 fully saturated rings. The van der Waals surface area contributed by atoms with Crippen LogP contribution in [0.15, 0.2) is 90.9 Å². The molecule has 0 aliphatic heterocycles. The van der Waals surface area contributed by atoms with Crippen LogP contribution in [0.4, 0.5) is 11.4 Å². The number of benzene rings is 2. The predicted octanol–water partition coefficient (Wildman–Crippen LogP) is 5.68. The summed E-state index contributed by atoms with van der Waals surface area (Å²) in [6.45, 7) is 10.6. The van der Waals surface area contributed by atoms with E-state index in [9.17, 15) is 0 Å². The molecular weight excluding hydrogens is 394 g/mol. The largest absolute Gasteiger partial charge is 0.379 e. The third kappa shape index (κ3) is 5.96. The van der Waals surface area contributed by atoms with Crippen LogP contribution in [0.25, 0.3) is 5.70 Å². The monoisotopic (exact) mass is 417 g/mol. The molecule has 3 rings (SSSR count). The van der Waals surface area contributed by atoms with Crippen LogP contribution in [0.5, 0.6) is 0 Å². The van der Waals surface area contributed by atoms with Gasteiger partial charge in [-0.15, -0.1) is 0 Å². The summed E-state index contributed by atoms with van der Waals surface area (Å²) in [6, 6.07) is 18.0. The molecule has 0 spiro atoms. The third-order valence-corrected chi connectivity index (χ3v) is 4.64. The second-order valence-electron chi connectivity index (χ2n) is 6.73. The summed E-state index contributed by atoms with van der Waals surface area (Å²) in [5.41, 5.74) is 9.23. The van der Waals surface area contributed by atoms with Crippen molar-refractivity contribution in [2.24, 2.45) is 5.10 Å². The van der Waals surface area contributed by atoms with Gasteiger partial charge in [-0.05, 0) is 42.3 Å². The van der Waals surface area contributed by atoms with Gasteiger partial charge in [-0.1, -0.05) is 55.1 Å². The highest BCUT2D eigenvalue weighted by Crippen LogP contribution is 2.20. The smallest absolute Gasteiger partial charge is 0.0680 e. The quantitative estimate of drug-likeness (QED) is 0.310. The highest BCUT2D eigenvalue weighted by molar-refractivity contribution is 6.33. The number of aromatic nitrogens is 1. The van der Waals surface area contributed by atoms with E-state index in [1.807, 2.05) is 61.5 Å². The van der Waals surface area contributed by atoms with Gasteiger partial charge in [0.05, 0.1) is 17.8 Å². The molecule has 1 aromatic heterocycles. The molecule has 3 aromatic rings. The fourth-order valence-electron chi connectivity index (χ4n) is 2.73. The van der Waals surface area contributed by atoms with E-state index < -0.39 is 0 Å². The lowest BCUT2D eigenvalue weighted by Crippen LogP contribution is -2.14. The zero-order valence-electron chi connectivity index (χ0n) is 16.8. The number of nitrogens with one attached hydrogen (secondary N) is 3. The van der Waals surface area contributed by atoms with Crippen LogP contribution in [0.1, 0.15) is 16.7 Å². The SMILES string of the molecule is C=C(CNc1cccc(C(=C)Nc2ccccc2)c1)N/N=C/c1c(C)cncc1Cl. The summed E-state index contributed by atoms with van der Waals surface area (Å²) in [6.07, 6.45) is 5.02. The van der Waals surface area contributed by atoms with Gasteiger partial charge in [-0.2, -0.15) is 5.10 Å². The first-order valence-electron chi connectivity index (χ1n) is 9.45.